The molecule has 0 aliphatic heterocycles. The molecular weight excluding hydrogens is 134 g/mol. The first kappa shape index (κ1) is 7.01. The van der Waals surface area contributed by atoms with Crippen LogP contribution in [-0.2, 0) is 4.79 Å². The van der Waals surface area contributed by atoms with Gasteiger partial charge in [-0.15, -0.1) is 0 Å². The lowest BCUT2D eigenvalue weighted by molar-refractivity contribution is -0.116. The predicted octanol–water partition coefficient (Wildman–Crippen LogP) is -2.04. The summed E-state index contributed by atoms with van der Waals surface area (Å²) in [5.41, 5.74) is 8.73. The Morgan fingerprint density at radius 2 is 2.40 bits per heavy atom. The molecule has 0 aromatic heterocycles. The van der Waals surface area contributed by atoms with Crippen molar-refractivity contribution in [2.75, 3.05) is 0 Å². The normalized spacial score (nSPS) is 36.7. The maximum absolute atomic E-state index is 10.1. The van der Waals surface area contributed by atoms with E-state index in [0.717, 1.165) is 0 Å². The Labute approximate surface area is 57.7 Å². The third-order valence-corrected chi connectivity index (χ3v) is 1.45. The largest absolute Gasteiger partial charge is 0.380 e. The standard InChI is InChI=1S/C5H9N3O2/c6-4(7)8-3-1-5(3,10)2-9/h2-3,10H,1H2,(H4,6,7,8). The number of guanidine groups is 1. The van der Waals surface area contributed by atoms with Crippen molar-refractivity contribution in [3.05, 3.63) is 0 Å². The molecule has 1 saturated carbocycles. The summed E-state index contributed by atoms with van der Waals surface area (Å²) >= 11 is 0. The van der Waals surface area contributed by atoms with Crippen molar-refractivity contribution < 1.29 is 9.90 Å². The van der Waals surface area contributed by atoms with Gasteiger partial charge in [0.15, 0.2) is 12.2 Å². The van der Waals surface area contributed by atoms with E-state index >= 15 is 0 Å². The number of carbonyl (C=O) groups excluding carboxylic acids is 1. The Balaban J connectivity index is 2.53. The highest BCUT2D eigenvalue weighted by Crippen LogP contribution is 2.36. The molecule has 5 N–H and O–H groups in total. The van der Waals surface area contributed by atoms with Crippen LogP contribution in [0.15, 0.2) is 4.99 Å². The van der Waals surface area contributed by atoms with Gasteiger partial charge in [-0.2, -0.15) is 0 Å². The molecular formula is C5H9N3O2. The van der Waals surface area contributed by atoms with Crippen LogP contribution < -0.4 is 11.5 Å². The topological polar surface area (TPSA) is 102 Å². The molecule has 0 saturated heterocycles. The molecule has 5 nitrogen and oxygen atoms in total. The average Bonchev–Trinajstić information content (AvgIpc) is 2.43. The van der Waals surface area contributed by atoms with Gasteiger partial charge in [-0.05, 0) is 0 Å². The zero-order chi connectivity index (χ0) is 7.78. The van der Waals surface area contributed by atoms with Gasteiger partial charge in [0.05, 0.1) is 6.04 Å². The summed E-state index contributed by atoms with van der Waals surface area (Å²) in [6.07, 6.45) is 0.790. The van der Waals surface area contributed by atoms with E-state index in [1.54, 1.807) is 0 Å². The van der Waals surface area contributed by atoms with E-state index in [9.17, 15) is 4.79 Å². The smallest absolute Gasteiger partial charge is 0.186 e. The van der Waals surface area contributed by atoms with Gasteiger partial charge in [0.2, 0.25) is 0 Å². The maximum Gasteiger partial charge on any atom is 0.186 e. The van der Waals surface area contributed by atoms with Crippen LogP contribution in [-0.4, -0.2) is 29.0 Å². The van der Waals surface area contributed by atoms with Gasteiger partial charge in [-0.1, -0.05) is 0 Å². The van der Waals surface area contributed by atoms with E-state index in [1.165, 1.54) is 0 Å². The summed E-state index contributed by atoms with van der Waals surface area (Å²) in [6, 6.07) is -0.421. The number of hydrogen-bond donors (Lipinski definition) is 3. The zero-order valence-electron chi connectivity index (χ0n) is 5.32. The Morgan fingerprint density at radius 3 is 2.70 bits per heavy atom. The lowest BCUT2D eigenvalue weighted by Crippen LogP contribution is -2.25. The molecule has 1 rings (SSSR count). The molecule has 0 heterocycles. The second-order valence-electron chi connectivity index (χ2n) is 2.38. The number of rotatable bonds is 2. The molecule has 1 aliphatic rings. The fourth-order valence-corrected chi connectivity index (χ4v) is 0.715. The van der Waals surface area contributed by atoms with Crippen molar-refractivity contribution in [2.45, 2.75) is 18.1 Å². The number of aliphatic imine (C=N–C) groups is 1. The fraction of sp³-hybridized carbons (Fsp3) is 0.600. The van der Waals surface area contributed by atoms with Crippen molar-refractivity contribution in [1.29, 1.82) is 0 Å². The number of hydrogen-bond acceptors (Lipinski definition) is 3. The van der Waals surface area contributed by atoms with Gasteiger partial charge in [-0.25, -0.2) is 4.99 Å². The molecule has 0 bridgehead atoms. The van der Waals surface area contributed by atoms with E-state index in [4.69, 9.17) is 16.6 Å². The molecule has 0 aromatic carbocycles. The van der Waals surface area contributed by atoms with E-state index in [-0.39, 0.29) is 5.96 Å². The highest BCUT2D eigenvalue weighted by molar-refractivity contribution is 5.78. The van der Waals surface area contributed by atoms with Gasteiger partial charge < -0.3 is 21.4 Å². The Bertz CT molecular complexity index is 187. The molecule has 0 aromatic rings. The first-order valence-corrected chi connectivity index (χ1v) is 2.86. The quantitative estimate of drug-likeness (QED) is 0.235. The van der Waals surface area contributed by atoms with Crippen molar-refractivity contribution in [2.24, 2.45) is 16.5 Å². The summed E-state index contributed by atoms with van der Waals surface area (Å²) < 4.78 is 0. The second kappa shape index (κ2) is 1.95. The molecule has 2 atom stereocenters. The number of nitrogens with two attached hydrogens (primary N) is 2. The number of aldehydes is 1. The molecule has 1 aliphatic carbocycles. The van der Waals surface area contributed by atoms with Gasteiger partial charge in [0.1, 0.15) is 5.60 Å². The van der Waals surface area contributed by atoms with Crippen LogP contribution in [0, 0.1) is 0 Å². The van der Waals surface area contributed by atoms with E-state index in [0.29, 0.717) is 12.7 Å². The molecule has 5 heteroatoms. The van der Waals surface area contributed by atoms with Crippen LogP contribution in [0.4, 0.5) is 0 Å². The molecule has 0 radical (unpaired) electrons. The first-order valence-electron chi connectivity index (χ1n) is 2.86. The molecule has 2 unspecified atom stereocenters. The summed E-state index contributed by atoms with van der Waals surface area (Å²) in [7, 11) is 0. The van der Waals surface area contributed by atoms with E-state index < -0.39 is 11.6 Å². The van der Waals surface area contributed by atoms with Crippen LogP contribution in [0.2, 0.25) is 0 Å². The minimum absolute atomic E-state index is 0.0947. The van der Waals surface area contributed by atoms with Gasteiger partial charge in [-0.3, -0.25) is 0 Å². The highest BCUT2D eigenvalue weighted by Gasteiger charge is 2.53. The molecule has 10 heavy (non-hydrogen) atoms. The van der Waals surface area contributed by atoms with Crippen molar-refractivity contribution in [3.8, 4) is 0 Å². The molecule has 56 valence electrons. The number of carbonyl (C=O) groups is 1. The first-order chi connectivity index (χ1) is 4.58. The lowest BCUT2D eigenvalue weighted by Gasteiger charge is -1.94. The van der Waals surface area contributed by atoms with Crippen molar-refractivity contribution >= 4 is 12.2 Å². The number of nitrogens with zero attached hydrogens (tertiary/aromatic N) is 1. The van der Waals surface area contributed by atoms with Gasteiger partial charge in [0.25, 0.3) is 0 Å². The van der Waals surface area contributed by atoms with Crippen LogP contribution in [0.5, 0.6) is 0 Å². The van der Waals surface area contributed by atoms with E-state index in [2.05, 4.69) is 4.99 Å². The minimum Gasteiger partial charge on any atom is -0.380 e. The third kappa shape index (κ3) is 1.08. The lowest BCUT2D eigenvalue weighted by atomic mass is 10.4. The highest BCUT2D eigenvalue weighted by atomic mass is 16.3. The molecule has 0 spiro atoms. The van der Waals surface area contributed by atoms with Gasteiger partial charge >= 0.3 is 0 Å². The Hall–Kier alpha value is -1.10. The monoisotopic (exact) mass is 143 g/mol. The van der Waals surface area contributed by atoms with Crippen molar-refractivity contribution in [3.63, 3.8) is 0 Å². The SMILES string of the molecule is NC(N)=NC1CC1(O)C=O. The Morgan fingerprint density at radius 1 is 1.80 bits per heavy atom. The Kier molecular flexibility index (Phi) is 1.37. The zero-order valence-corrected chi connectivity index (χ0v) is 5.32. The van der Waals surface area contributed by atoms with Crippen LogP contribution in [0.1, 0.15) is 6.42 Å². The number of aliphatic hydroxyl groups is 1. The van der Waals surface area contributed by atoms with Crippen LogP contribution >= 0.6 is 0 Å². The summed E-state index contributed by atoms with van der Waals surface area (Å²) in [5.74, 6) is -0.0947. The summed E-state index contributed by atoms with van der Waals surface area (Å²) in [5, 5.41) is 9.06. The molecule has 1 fully saturated rings. The van der Waals surface area contributed by atoms with E-state index in [1.807, 2.05) is 0 Å². The predicted molar refractivity (Wildman–Crippen MR) is 35.2 cm³/mol. The average molecular weight is 143 g/mol. The maximum atomic E-state index is 10.1. The van der Waals surface area contributed by atoms with Crippen molar-refractivity contribution in [1.82, 2.24) is 0 Å². The van der Waals surface area contributed by atoms with Gasteiger partial charge in [0, 0.05) is 6.42 Å². The summed E-state index contributed by atoms with van der Waals surface area (Å²) in [4.78, 5) is 13.7. The summed E-state index contributed by atoms with van der Waals surface area (Å²) in [6.45, 7) is 0. The molecule has 0 amide bonds. The third-order valence-electron chi connectivity index (χ3n) is 1.45. The fourth-order valence-electron chi connectivity index (χ4n) is 0.715. The van der Waals surface area contributed by atoms with Crippen LogP contribution in [0.3, 0.4) is 0 Å². The second-order valence-corrected chi connectivity index (χ2v) is 2.38. The van der Waals surface area contributed by atoms with Crippen LogP contribution in [0.25, 0.3) is 0 Å². The minimum atomic E-state index is -1.29.